The number of nitrogens with two attached hydrogens (primary N) is 1. The van der Waals surface area contributed by atoms with Gasteiger partial charge in [0.1, 0.15) is 5.75 Å². The number of carbonyl (C=O) groups is 1. The number of hydrogen-bond acceptors (Lipinski definition) is 5. The maximum Gasteiger partial charge on any atom is 0.243 e. The zero-order valence-electron chi connectivity index (χ0n) is 14.4. The van der Waals surface area contributed by atoms with Crippen LogP contribution in [0.3, 0.4) is 0 Å². The van der Waals surface area contributed by atoms with Crippen LogP contribution in [0.15, 0.2) is 23.1 Å². The van der Waals surface area contributed by atoms with Gasteiger partial charge in [-0.1, -0.05) is 13.8 Å². The Bertz CT molecular complexity index is 646. The van der Waals surface area contributed by atoms with Crippen molar-refractivity contribution in [2.45, 2.75) is 38.6 Å². The van der Waals surface area contributed by atoms with E-state index in [1.807, 2.05) is 0 Å². The lowest BCUT2D eigenvalue weighted by Gasteiger charge is -2.20. The predicted octanol–water partition coefficient (Wildman–Crippen LogP) is 1.82. The van der Waals surface area contributed by atoms with E-state index in [9.17, 15) is 13.2 Å². The molecule has 1 aromatic carbocycles. The first-order valence-corrected chi connectivity index (χ1v) is 9.05. The Balaban J connectivity index is 0.00000529. The van der Waals surface area contributed by atoms with Gasteiger partial charge in [0, 0.05) is 13.1 Å². The van der Waals surface area contributed by atoms with Crippen LogP contribution in [0, 0.1) is 0 Å². The van der Waals surface area contributed by atoms with Gasteiger partial charge >= 0.3 is 0 Å². The highest BCUT2D eigenvalue weighted by Gasteiger charge is 2.23. The molecule has 9 heteroatoms. The van der Waals surface area contributed by atoms with Crippen LogP contribution in [0.5, 0.6) is 5.75 Å². The molecule has 0 aliphatic heterocycles. The van der Waals surface area contributed by atoms with Gasteiger partial charge in [0.25, 0.3) is 0 Å². The summed E-state index contributed by atoms with van der Waals surface area (Å²) in [6.07, 6.45) is 0. The largest absolute Gasteiger partial charge is 0.492 e. The lowest BCUT2D eigenvalue weighted by molar-refractivity contribution is -0.117. The molecule has 1 rings (SSSR count). The van der Waals surface area contributed by atoms with Gasteiger partial charge < -0.3 is 15.8 Å². The Morgan fingerprint density at radius 3 is 2.33 bits per heavy atom. The van der Waals surface area contributed by atoms with Crippen LogP contribution in [0.25, 0.3) is 0 Å². The molecule has 0 spiro atoms. The van der Waals surface area contributed by atoms with E-state index in [1.54, 1.807) is 27.7 Å². The van der Waals surface area contributed by atoms with E-state index >= 15 is 0 Å². The molecule has 0 radical (unpaired) electrons. The van der Waals surface area contributed by atoms with Gasteiger partial charge in [-0.15, -0.1) is 12.4 Å². The van der Waals surface area contributed by atoms with Crippen molar-refractivity contribution in [1.29, 1.82) is 0 Å². The van der Waals surface area contributed by atoms with Crippen LogP contribution < -0.4 is 15.8 Å². The SMILES string of the molecule is CCOc1ccc(S(=O)(=O)N(CC)CC)cc1NC(=O)[C@H](C)N.Cl. The molecule has 0 heterocycles. The van der Waals surface area contributed by atoms with Gasteiger partial charge in [0.05, 0.1) is 23.2 Å². The minimum absolute atomic E-state index is 0. The number of amides is 1. The van der Waals surface area contributed by atoms with Gasteiger partial charge in [-0.3, -0.25) is 4.79 Å². The van der Waals surface area contributed by atoms with Gasteiger partial charge in [-0.25, -0.2) is 8.42 Å². The van der Waals surface area contributed by atoms with Crippen molar-refractivity contribution in [1.82, 2.24) is 4.31 Å². The van der Waals surface area contributed by atoms with Crippen LogP contribution in [0.1, 0.15) is 27.7 Å². The number of carbonyl (C=O) groups excluding carboxylic acids is 1. The Labute approximate surface area is 150 Å². The third kappa shape index (κ3) is 5.34. The fraction of sp³-hybridized carbons (Fsp3) is 0.533. The topological polar surface area (TPSA) is 102 Å². The molecule has 0 aromatic heterocycles. The first-order valence-electron chi connectivity index (χ1n) is 7.61. The van der Waals surface area contributed by atoms with Crippen LogP contribution in [-0.2, 0) is 14.8 Å². The summed E-state index contributed by atoms with van der Waals surface area (Å²) in [7, 11) is -3.62. The molecule has 138 valence electrons. The number of hydrogen-bond donors (Lipinski definition) is 2. The number of benzene rings is 1. The number of ether oxygens (including phenoxy) is 1. The Morgan fingerprint density at radius 2 is 1.88 bits per heavy atom. The molecule has 1 amide bonds. The highest BCUT2D eigenvalue weighted by Crippen LogP contribution is 2.29. The second kappa shape index (κ2) is 9.83. The monoisotopic (exact) mass is 379 g/mol. The second-order valence-corrected chi connectivity index (χ2v) is 6.90. The van der Waals surface area contributed by atoms with Crippen molar-refractivity contribution in [2.24, 2.45) is 5.73 Å². The molecule has 0 saturated heterocycles. The minimum atomic E-state index is -3.62. The van der Waals surface area contributed by atoms with Crippen molar-refractivity contribution >= 4 is 34.0 Å². The maximum absolute atomic E-state index is 12.6. The zero-order chi connectivity index (χ0) is 17.6. The van der Waals surface area contributed by atoms with Crippen molar-refractivity contribution < 1.29 is 17.9 Å². The number of halogens is 1. The molecule has 0 saturated carbocycles. The van der Waals surface area contributed by atoms with E-state index in [1.165, 1.54) is 22.5 Å². The zero-order valence-corrected chi connectivity index (χ0v) is 16.0. The van der Waals surface area contributed by atoms with Crippen molar-refractivity contribution in [3.63, 3.8) is 0 Å². The molecule has 24 heavy (non-hydrogen) atoms. The van der Waals surface area contributed by atoms with Crippen LogP contribution >= 0.6 is 12.4 Å². The normalized spacial score (nSPS) is 12.4. The summed E-state index contributed by atoms with van der Waals surface area (Å²) in [5.41, 5.74) is 5.84. The molecule has 0 aliphatic rings. The molecule has 0 aliphatic carbocycles. The van der Waals surface area contributed by atoms with E-state index < -0.39 is 22.0 Å². The average molecular weight is 380 g/mol. The van der Waals surface area contributed by atoms with E-state index in [0.717, 1.165) is 0 Å². The molecule has 7 nitrogen and oxygen atoms in total. The number of nitrogens with zero attached hydrogens (tertiary/aromatic N) is 1. The predicted molar refractivity (Wildman–Crippen MR) is 97.2 cm³/mol. The molecule has 0 bridgehead atoms. The maximum atomic E-state index is 12.6. The van der Waals surface area contributed by atoms with Crippen LogP contribution in [-0.4, -0.2) is 44.4 Å². The summed E-state index contributed by atoms with van der Waals surface area (Å²) in [5, 5.41) is 2.61. The minimum Gasteiger partial charge on any atom is -0.492 e. The average Bonchev–Trinajstić information content (AvgIpc) is 2.49. The Kier molecular flexibility index (Phi) is 9.27. The van der Waals surface area contributed by atoms with E-state index in [-0.39, 0.29) is 17.3 Å². The second-order valence-electron chi connectivity index (χ2n) is 4.96. The van der Waals surface area contributed by atoms with E-state index in [4.69, 9.17) is 10.5 Å². The Hall–Kier alpha value is -1.35. The third-order valence-electron chi connectivity index (χ3n) is 3.27. The molecule has 0 fully saturated rings. The standard InChI is InChI=1S/C15H25N3O4S.ClH/c1-5-18(6-2)23(20,21)12-8-9-14(22-7-3)13(10-12)17-15(19)11(4)16;/h8-11H,5-7,16H2,1-4H3,(H,17,19);1H/t11-;/m0./s1. The van der Waals surface area contributed by atoms with Gasteiger partial charge in [0.15, 0.2) is 0 Å². The first kappa shape index (κ1) is 22.6. The number of nitrogens with one attached hydrogen (secondary N) is 1. The molecule has 1 aromatic rings. The summed E-state index contributed by atoms with van der Waals surface area (Å²) in [4.78, 5) is 11.9. The smallest absolute Gasteiger partial charge is 0.243 e. The summed E-state index contributed by atoms with van der Waals surface area (Å²) < 4.78 is 31.9. The number of rotatable bonds is 8. The highest BCUT2D eigenvalue weighted by molar-refractivity contribution is 7.89. The van der Waals surface area contributed by atoms with Crippen LogP contribution in [0.2, 0.25) is 0 Å². The fourth-order valence-electron chi connectivity index (χ4n) is 2.01. The Morgan fingerprint density at radius 1 is 1.29 bits per heavy atom. The summed E-state index contributed by atoms with van der Waals surface area (Å²) in [6, 6.07) is 3.70. The van der Waals surface area contributed by atoms with E-state index in [2.05, 4.69) is 5.32 Å². The van der Waals surface area contributed by atoms with Crippen molar-refractivity contribution in [3.8, 4) is 5.75 Å². The fourth-order valence-corrected chi connectivity index (χ4v) is 3.49. The van der Waals surface area contributed by atoms with Crippen molar-refractivity contribution in [3.05, 3.63) is 18.2 Å². The lowest BCUT2D eigenvalue weighted by Crippen LogP contribution is -2.33. The number of sulfonamides is 1. The molecule has 0 unspecified atom stereocenters. The molecule has 1 atom stereocenters. The van der Waals surface area contributed by atoms with Gasteiger partial charge in [0.2, 0.25) is 15.9 Å². The highest BCUT2D eigenvalue weighted by atomic mass is 35.5. The quantitative estimate of drug-likeness (QED) is 0.717. The summed E-state index contributed by atoms with van der Waals surface area (Å²) >= 11 is 0. The molecular weight excluding hydrogens is 354 g/mol. The number of anilines is 1. The molecular formula is C15H26ClN3O4S. The van der Waals surface area contributed by atoms with Gasteiger partial charge in [-0.2, -0.15) is 4.31 Å². The lowest BCUT2D eigenvalue weighted by atomic mass is 10.2. The van der Waals surface area contributed by atoms with E-state index in [0.29, 0.717) is 31.1 Å². The van der Waals surface area contributed by atoms with Gasteiger partial charge in [-0.05, 0) is 32.0 Å². The molecule has 3 N–H and O–H groups in total. The van der Waals surface area contributed by atoms with Crippen LogP contribution in [0.4, 0.5) is 5.69 Å². The summed E-state index contributed by atoms with van der Waals surface area (Å²) in [5.74, 6) is -0.0108. The summed E-state index contributed by atoms with van der Waals surface area (Å²) in [6.45, 7) is 8.02. The van der Waals surface area contributed by atoms with Crippen molar-refractivity contribution in [2.75, 3.05) is 25.0 Å². The third-order valence-corrected chi connectivity index (χ3v) is 5.31. The first-order chi connectivity index (χ1) is 10.8.